The van der Waals surface area contributed by atoms with Gasteiger partial charge in [-0.05, 0) is 36.1 Å². The maximum atomic E-state index is 13.1. The van der Waals surface area contributed by atoms with Crippen LogP contribution in [0.25, 0.3) is 16.2 Å². The molecule has 0 aliphatic rings. The number of fused-ring (bicyclic) bond motifs is 1. The average molecular weight is 335 g/mol. The molecule has 0 radical (unpaired) electrons. The normalized spacial score (nSPS) is 10.5. The van der Waals surface area contributed by atoms with E-state index in [1.165, 1.54) is 17.4 Å². The smallest absolute Gasteiger partial charge is 0.214 e. The lowest BCUT2D eigenvalue weighted by atomic mass is 10.3. The van der Waals surface area contributed by atoms with Crippen molar-refractivity contribution in [2.75, 3.05) is 5.73 Å². The molecule has 0 atom stereocenters. The fourth-order valence-corrected chi connectivity index (χ4v) is 3.10. The first-order chi connectivity index (χ1) is 11.7. The third kappa shape index (κ3) is 2.59. The summed E-state index contributed by atoms with van der Waals surface area (Å²) in [5.41, 5.74) is 7.93. The zero-order chi connectivity index (χ0) is 16.5. The second-order valence-electron chi connectivity index (χ2n) is 4.91. The lowest BCUT2D eigenvalue weighted by Crippen LogP contribution is -1.93. The Morgan fingerprint density at radius 2 is 2.04 bits per heavy atom. The van der Waals surface area contributed by atoms with Gasteiger partial charge in [0.15, 0.2) is 5.65 Å². The van der Waals surface area contributed by atoms with E-state index < -0.39 is 5.95 Å². The molecule has 0 saturated carbocycles. The number of nitrogens with zero attached hydrogens (tertiary/aromatic N) is 4. The zero-order valence-corrected chi connectivity index (χ0v) is 13.1. The predicted octanol–water partition coefficient (Wildman–Crippen LogP) is 2.97. The molecular formula is C17H10FN5S. The summed E-state index contributed by atoms with van der Waals surface area (Å²) >= 11 is 1.47. The van der Waals surface area contributed by atoms with Gasteiger partial charge in [-0.3, -0.25) is 9.38 Å². The Kier molecular flexibility index (Phi) is 3.44. The Balaban J connectivity index is 1.69. The fraction of sp³-hybridized carbons (Fsp3) is 0. The number of rotatable bonds is 1. The minimum Gasteiger partial charge on any atom is -0.383 e. The van der Waals surface area contributed by atoms with Crippen LogP contribution in [0, 0.1) is 17.8 Å². The number of thiophene rings is 1. The molecule has 2 N–H and O–H groups in total. The molecule has 0 aromatic carbocycles. The highest BCUT2D eigenvalue weighted by molar-refractivity contribution is 7.16. The second kappa shape index (κ2) is 5.76. The topological polar surface area (TPSA) is 69.1 Å². The monoisotopic (exact) mass is 335 g/mol. The molecule has 0 aliphatic carbocycles. The molecule has 0 saturated heterocycles. The summed E-state index contributed by atoms with van der Waals surface area (Å²) in [4.78, 5) is 14.0. The van der Waals surface area contributed by atoms with Gasteiger partial charge in [0.1, 0.15) is 17.2 Å². The van der Waals surface area contributed by atoms with Crippen LogP contribution < -0.4 is 5.73 Å². The molecule has 4 heterocycles. The molecule has 4 rings (SSSR count). The Bertz CT molecular complexity index is 1100. The van der Waals surface area contributed by atoms with Gasteiger partial charge in [0.2, 0.25) is 5.95 Å². The Labute approximate surface area is 140 Å². The van der Waals surface area contributed by atoms with Crippen molar-refractivity contribution in [1.82, 2.24) is 19.4 Å². The number of halogens is 1. The van der Waals surface area contributed by atoms with E-state index in [9.17, 15) is 4.39 Å². The summed E-state index contributed by atoms with van der Waals surface area (Å²) in [5.74, 6) is 5.85. The van der Waals surface area contributed by atoms with E-state index in [0.717, 1.165) is 9.75 Å². The van der Waals surface area contributed by atoms with Gasteiger partial charge in [-0.1, -0.05) is 6.07 Å². The second-order valence-corrected chi connectivity index (χ2v) is 5.99. The lowest BCUT2D eigenvalue weighted by molar-refractivity contribution is 0.582. The fourth-order valence-electron chi connectivity index (χ4n) is 2.24. The van der Waals surface area contributed by atoms with Gasteiger partial charge in [0, 0.05) is 12.4 Å². The van der Waals surface area contributed by atoms with Gasteiger partial charge in [0.05, 0.1) is 16.0 Å². The van der Waals surface area contributed by atoms with Crippen molar-refractivity contribution < 1.29 is 4.39 Å². The van der Waals surface area contributed by atoms with E-state index in [2.05, 4.69) is 26.8 Å². The van der Waals surface area contributed by atoms with Gasteiger partial charge < -0.3 is 5.73 Å². The van der Waals surface area contributed by atoms with Gasteiger partial charge >= 0.3 is 0 Å². The standard InChI is InChI=1S/C17H10FN5S/c18-14-3-1-2-11(21-14)4-5-12-6-7-13(24-12)16-17(19)23-9-8-20-10-15(23)22-16/h1-3,6-10H,19H2. The molecule has 24 heavy (non-hydrogen) atoms. The summed E-state index contributed by atoms with van der Waals surface area (Å²) in [5, 5.41) is 0. The van der Waals surface area contributed by atoms with Gasteiger partial charge in [-0.25, -0.2) is 9.97 Å². The molecule has 0 spiro atoms. The largest absolute Gasteiger partial charge is 0.383 e. The summed E-state index contributed by atoms with van der Waals surface area (Å²) in [6.07, 6.45) is 5.08. The van der Waals surface area contributed by atoms with E-state index >= 15 is 0 Å². The van der Waals surface area contributed by atoms with Crippen LogP contribution in [-0.2, 0) is 0 Å². The minimum atomic E-state index is -0.542. The number of aromatic nitrogens is 4. The molecule has 4 aromatic rings. The number of imidazole rings is 1. The molecule has 0 fully saturated rings. The first-order valence-corrected chi connectivity index (χ1v) is 7.85. The van der Waals surface area contributed by atoms with Gasteiger partial charge in [0.25, 0.3) is 0 Å². The van der Waals surface area contributed by atoms with Crippen molar-refractivity contribution >= 4 is 22.8 Å². The highest BCUT2D eigenvalue weighted by Gasteiger charge is 2.12. The van der Waals surface area contributed by atoms with Crippen molar-refractivity contribution in [3.8, 4) is 22.4 Å². The minimum absolute atomic E-state index is 0.392. The molecule has 5 nitrogen and oxygen atoms in total. The number of pyridine rings is 1. The number of nitrogen functional groups attached to an aromatic ring is 1. The molecular weight excluding hydrogens is 325 g/mol. The molecule has 116 valence electrons. The van der Waals surface area contributed by atoms with E-state index in [1.54, 1.807) is 35.1 Å². The summed E-state index contributed by atoms with van der Waals surface area (Å²) in [7, 11) is 0. The average Bonchev–Trinajstić information content (AvgIpc) is 3.18. The van der Waals surface area contributed by atoms with E-state index in [0.29, 0.717) is 22.9 Å². The van der Waals surface area contributed by atoms with Crippen molar-refractivity contribution in [1.29, 1.82) is 0 Å². The highest BCUT2D eigenvalue weighted by Crippen LogP contribution is 2.31. The van der Waals surface area contributed by atoms with Crippen LogP contribution in [0.2, 0.25) is 0 Å². The third-order valence-electron chi connectivity index (χ3n) is 3.34. The highest BCUT2D eigenvalue weighted by atomic mass is 32.1. The van der Waals surface area contributed by atoms with Crippen LogP contribution in [0.1, 0.15) is 10.6 Å². The third-order valence-corrected chi connectivity index (χ3v) is 4.34. The number of nitrogens with two attached hydrogens (primary N) is 1. The van der Waals surface area contributed by atoms with Crippen LogP contribution >= 0.6 is 11.3 Å². The first-order valence-electron chi connectivity index (χ1n) is 7.03. The molecule has 0 unspecified atom stereocenters. The Morgan fingerprint density at radius 1 is 1.12 bits per heavy atom. The lowest BCUT2D eigenvalue weighted by Gasteiger charge is -1.94. The van der Waals surface area contributed by atoms with Crippen LogP contribution in [0.5, 0.6) is 0 Å². The Hall–Kier alpha value is -3.24. The van der Waals surface area contributed by atoms with Crippen molar-refractivity contribution in [2.45, 2.75) is 0 Å². The summed E-state index contributed by atoms with van der Waals surface area (Å²) in [6, 6.07) is 8.33. The molecule has 7 heteroatoms. The van der Waals surface area contributed by atoms with E-state index in [-0.39, 0.29) is 0 Å². The summed E-state index contributed by atoms with van der Waals surface area (Å²) < 4.78 is 14.8. The van der Waals surface area contributed by atoms with E-state index in [1.807, 2.05) is 12.1 Å². The van der Waals surface area contributed by atoms with Gasteiger partial charge in [-0.15, -0.1) is 11.3 Å². The SMILES string of the molecule is Nc1c(-c2ccc(C#Cc3cccc(F)n3)s2)nc2cnccn12. The van der Waals surface area contributed by atoms with Gasteiger partial charge in [-0.2, -0.15) is 4.39 Å². The molecule has 0 amide bonds. The maximum absolute atomic E-state index is 13.1. The Morgan fingerprint density at radius 3 is 2.88 bits per heavy atom. The number of hydrogen-bond donors (Lipinski definition) is 1. The summed E-state index contributed by atoms with van der Waals surface area (Å²) in [6.45, 7) is 0. The number of anilines is 1. The van der Waals surface area contributed by atoms with Crippen molar-refractivity contribution in [3.63, 3.8) is 0 Å². The van der Waals surface area contributed by atoms with E-state index in [4.69, 9.17) is 5.73 Å². The van der Waals surface area contributed by atoms with Crippen LogP contribution in [0.15, 0.2) is 48.9 Å². The van der Waals surface area contributed by atoms with Crippen molar-refractivity contribution in [3.05, 3.63) is 65.4 Å². The quantitative estimate of drug-likeness (QED) is 0.429. The molecule has 0 aliphatic heterocycles. The maximum Gasteiger partial charge on any atom is 0.214 e. The van der Waals surface area contributed by atoms with Crippen LogP contribution in [-0.4, -0.2) is 19.4 Å². The first kappa shape index (κ1) is 14.4. The van der Waals surface area contributed by atoms with Crippen molar-refractivity contribution in [2.24, 2.45) is 0 Å². The molecule has 4 aromatic heterocycles. The van der Waals surface area contributed by atoms with Crippen LogP contribution in [0.4, 0.5) is 10.2 Å². The number of hydrogen-bond acceptors (Lipinski definition) is 5. The van der Waals surface area contributed by atoms with Crippen LogP contribution in [0.3, 0.4) is 0 Å². The zero-order valence-electron chi connectivity index (χ0n) is 12.3. The predicted molar refractivity (Wildman–Crippen MR) is 90.9 cm³/mol. The molecule has 0 bridgehead atoms.